The Hall–Kier alpha value is -4.44. The van der Waals surface area contributed by atoms with Crippen molar-refractivity contribution in [3.8, 4) is 17.2 Å². The summed E-state index contributed by atoms with van der Waals surface area (Å²) < 4.78 is 26.1. The Labute approximate surface area is 244 Å². The molecular formula is C32H36FN5O4. The van der Waals surface area contributed by atoms with Crippen molar-refractivity contribution in [2.75, 3.05) is 38.2 Å². The van der Waals surface area contributed by atoms with Crippen LogP contribution in [0, 0.1) is 6.92 Å². The summed E-state index contributed by atoms with van der Waals surface area (Å²) in [6.45, 7) is 6.86. The molecule has 0 atom stereocenters. The number of hydrogen-bond acceptors (Lipinski definition) is 6. The van der Waals surface area contributed by atoms with Crippen molar-refractivity contribution in [2.24, 2.45) is 5.73 Å². The Morgan fingerprint density at radius 2 is 1.83 bits per heavy atom. The minimum Gasteiger partial charge on any atom is -0.489 e. The Balaban J connectivity index is 1.31. The van der Waals surface area contributed by atoms with E-state index >= 15 is 0 Å². The van der Waals surface area contributed by atoms with E-state index in [4.69, 9.17) is 15.2 Å². The fourth-order valence-electron chi connectivity index (χ4n) is 5.42. The van der Waals surface area contributed by atoms with E-state index in [0.717, 1.165) is 37.9 Å². The number of likely N-dealkylation sites (tertiary alicyclic amines) is 1. The minimum atomic E-state index is -0.618. The second kappa shape index (κ2) is 13.0. The molecule has 42 heavy (non-hydrogen) atoms. The van der Waals surface area contributed by atoms with Gasteiger partial charge >= 0.3 is 6.03 Å². The van der Waals surface area contributed by atoms with Crippen LogP contribution in [0.5, 0.6) is 17.2 Å². The maximum Gasteiger partial charge on any atom is 0.323 e. The first-order chi connectivity index (χ1) is 20.4. The topological polar surface area (TPSA) is 112 Å². The third-order valence-electron chi connectivity index (χ3n) is 7.69. The maximum atomic E-state index is 13.0. The first-order valence-corrected chi connectivity index (χ1v) is 14.3. The molecule has 0 radical (unpaired) electrons. The largest absolute Gasteiger partial charge is 0.489 e. The second-order valence-corrected chi connectivity index (χ2v) is 10.5. The third kappa shape index (κ3) is 6.54. The van der Waals surface area contributed by atoms with Gasteiger partial charge in [0.05, 0.1) is 18.8 Å². The number of nitrogens with zero attached hydrogens (tertiary/aromatic N) is 3. The van der Waals surface area contributed by atoms with Gasteiger partial charge in [0, 0.05) is 41.4 Å². The summed E-state index contributed by atoms with van der Waals surface area (Å²) in [6.07, 6.45) is 3.99. The zero-order valence-corrected chi connectivity index (χ0v) is 23.9. The molecule has 2 aromatic carbocycles. The summed E-state index contributed by atoms with van der Waals surface area (Å²) in [4.78, 5) is 31.7. The molecule has 0 aliphatic carbocycles. The van der Waals surface area contributed by atoms with Crippen molar-refractivity contribution in [2.45, 2.75) is 39.0 Å². The number of carbonyl (C=O) groups is 2. The van der Waals surface area contributed by atoms with Crippen LogP contribution in [-0.2, 0) is 0 Å². The summed E-state index contributed by atoms with van der Waals surface area (Å²) >= 11 is 0. The molecule has 1 fully saturated rings. The van der Waals surface area contributed by atoms with Crippen LogP contribution < -0.4 is 20.5 Å². The predicted octanol–water partition coefficient (Wildman–Crippen LogP) is 6.25. The highest BCUT2D eigenvalue weighted by molar-refractivity contribution is 6.03. The third-order valence-corrected chi connectivity index (χ3v) is 7.69. The molecule has 2 aromatic heterocycles. The number of pyridine rings is 1. The summed E-state index contributed by atoms with van der Waals surface area (Å²) in [5, 5.41) is 3.57. The zero-order valence-electron chi connectivity index (χ0n) is 23.9. The lowest BCUT2D eigenvalue weighted by Gasteiger charge is -2.31. The van der Waals surface area contributed by atoms with E-state index < -0.39 is 12.7 Å². The molecule has 10 heteroatoms. The number of aromatic nitrogens is 2. The molecule has 4 aromatic rings. The van der Waals surface area contributed by atoms with Crippen LogP contribution in [0.2, 0.25) is 0 Å². The highest BCUT2D eigenvalue weighted by atomic mass is 19.1. The lowest BCUT2D eigenvalue weighted by atomic mass is 9.89. The van der Waals surface area contributed by atoms with Crippen LogP contribution >= 0.6 is 0 Å². The summed E-state index contributed by atoms with van der Waals surface area (Å²) in [5.41, 5.74) is 8.59. The summed E-state index contributed by atoms with van der Waals surface area (Å²) in [5.74, 6) is 1.68. The number of benzene rings is 2. The molecule has 0 unspecified atom stereocenters. The van der Waals surface area contributed by atoms with Gasteiger partial charge in [0.1, 0.15) is 11.6 Å². The van der Waals surface area contributed by atoms with Crippen LogP contribution in [0.15, 0.2) is 60.8 Å². The Morgan fingerprint density at radius 1 is 1.07 bits per heavy atom. The van der Waals surface area contributed by atoms with E-state index in [9.17, 15) is 14.0 Å². The maximum absolute atomic E-state index is 13.0. The van der Waals surface area contributed by atoms with Gasteiger partial charge in [0.2, 0.25) is 0 Å². The van der Waals surface area contributed by atoms with E-state index in [0.29, 0.717) is 45.8 Å². The van der Waals surface area contributed by atoms with E-state index in [1.165, 1.54) is 16.3 Å². The smallest absolute Gasteiger partial charge is 0.323 e. The van der Waals surface area contributed by atoms with Crippen LogP contribution in [0.3, 0.4) is 0 Å². The SMILES string of the molecule is CCN1CCC(c2ccc(C(=O)Nc3cc(Oc4cc5cc(C)n(C(N)=O)c5cc4OCCCF)ccn3)cc2)CC1. The van der Waals surface area contributed by atoms with Crippen molar-refractivity contribution in [1.82, 2.24) is 14.5 Å². The average Bonchev–Trinajstić information content (AvgIpc) is 3.32. The fraction of sp³-hybridized carbons (Fsp3) is 0.344. The number of aryl methyl sites for hydroxylation is 1. The van der Waals surface area contributed by atoms with E-state index in [1.807, 2.05) is 30.3 Å². The summed E-state index contributed by atoms with van der Waals surface area (Å²) in [6, 6.07) is 15.7. The van der Waals surface area contributed by atoms with Crippen LogP contribution in [0.1, 0.15) is 53.7 Å². The Morgan fingerprint density at radius 3 is 2.52 bits per heavy atom. The van der Waals surface area contributed by atoms with Crippen LogP contribution in [-0.4, -0.2) is 59.3 Å². The monoisotopic (exact) mass is 573 g/mol. The second-order valence-electron chi connectivity index (χ2n) is 10.5. The number of nitrogens with one attached hydrogen (secondary N) is 1. The van der Waals surface area contributed by atoms with Crippen LogP contribution in [0.25, 0.3) is 10.9 Å². The Bertz CT molecular complexity index is 1560. The molecule has 5 rings (SSSR count). The number of anilines is 1. The highest BCUT2D eigenvalue weighted by Crippen LogP contribution is 2.37. The quantitative estimate of drug-likeness (QED) is 0.217. The van der Waals surface area contributed by atoms with Gasteiger partial charge in [-0.2, -0.15) is 0 Å². The van der Waals surface area contributed by atoms with Gasteiger partial charge in [-0.15, -0.1) is 0 Å². The number of hydrogen-bond donors (Lipinski definition) is 2. The van der Waals surface area contributed by atoms with Gasteiger partial charge in [-0.25, -0.2) is 9.78 Å². The molecule has 0 saturated carbocycles. The first-order valence-electron chi connectivity index (χ1n) is 14.3. The van der Waals surface area contributed by atoms with E-state index in [1.54, 1.807) is 31.2 Å². The number of halogens is 1. The van der Waals surface area contributed by atoms with E-state index in [2.05, 4.69) is 22.1 Å². The van der Waals surface area contributed by atoms with Gasteiger partial charge in [0.25, 0.3) is 5.91 Å². The number of piperidine rings is 1. The molecule has 220 valence electrons. The van der Waals surface area contributed by atoms with Crippen molar-refractivity contribution in [3.63, 3.8) is 0 Å². The number of ether oxygens (including phenoxy) is 2. The van der Waals surface area contributed by atoms with Gasteiger partial charge in [-0.1, -0.05) is 19.1 Å². The number of nitrogens with two attached hydrogens (primary N) is 1. The number of amides is 2. The lowest BCUT2D eigenvalue weighted by molar-refractivity contribution is 0.102. The average molecular weight is 574 g/mol. The fourth-order valence-corrected chi connectivity index (χ4v) is 5.42. The van der Waals surface area contributed by atoms with Crippen molar-refractivity contribution in [3.05, 3.63) is 77.6 Å². The molecule has 2 amide bonds. The van der Waals surface area contributed by atoms with Crippen molar-refractivity contribution >= 4 is 28.7 Å². The predicted molar refractivity (Wildman–Crippen MR) is 161 cm³/mol. The molecular weight excluding hydrogens is 537 g/mol. The van der Waals surface area contributed by atoms with Crippen LogP contribution in [0.4, 0.5) is 15.0 Å². The number of rotatable bonds is 10. The summed E-state index contributed by atoms with van der Waals surface area (Å²) in [7, 11) is 0. The molecule has 1 aliphatic heterocycles. The number of primary amides is 1. The zero-order chi connectivity index (χ0) is 29.6. The van der Waals surface area contributed by atoms with E-state index in [-0.39, 0.29) is 18.9 Å². The first kappa shape index (κ1) is 29.1. The molecule has 9 nitrogen and oxygen atoms in total. The number of carbonyl (C=O) groups excluding carboxylic acids is 2. The normalized spacial score (nSPS) is 14.2. The molecule has 1 saturated heterocycles. The molecule has 1 aliphatic rings. The molecule has 0 spiro atoms. The van der Waals surface area contributed by atoms with Crippen molar-refractivity contribution in [1.29, 1.82) is 0 Å². The Kier molecular flexibility index (Phi) is 9.02. The van der Waals surface area contributed by atoms with Gasteiger partial charge in [-0.3, -0.25) is 13.8 Å². The van der Waals surface area contributed by atoms with Gasteiger partial charge < -0.3 is 25.4 Å². The highest BCUT2D eigenvalue weighted by Gasteiger charge is 2.20. The number of fused-ring (bicyclic) bond motifs is 1. The van der Waals surface area contributed by atoms with Gasteiger partial charge in [0.15, 0.2) is 11.5 Å². The standard InChI is InChI=1S/C32H36FN5O4/c1-3-37-14-10-23(11-15-37)22-5-7-24(8-6-22)31(39)36-30-19-26(9-13-35-30)42-29-18-25-17-21(2)38(32(34)40)27(25)20-28(29)41-16-4-12-33/h5-9,13,17-20,23H,3-4,10-12,14-16H2,1-2H3,(H2,34,40)(H,35,36,39). The van der Waals surface area contributed by atoms with Gasteiger partial charge in [-0.05, 0) is 81.2 Å². The molecule has 3 N–H and O–H groups in total. The lowest BCUT2D eigenvalue weighted by Crippen LogP contribution is -2.32. The van der Waals surface area contributed by atoms with Crippen molar-refractivity contribution < 1.29 is 23.5 Å². The number of alkyl halides is 1. The molecule has 3 heterocycles. The minimum absolute atomic E-state index is 0.128. The molecule has 0 bridgehead atoms.